The molecule has 0 aliphatic carbocycles. The van der Waals surface area contributed by atoms with Crippen molar-refractivity contribution in [3.05, 3.63) is 0 Å². The highest BCUT2D eigenvalue weighted by Gasteiger charge is 2.21. The van der Waals surface area contributed by atoms with Crippen molar-refractivity contribution in [3.8, 4) is 12.3 Å². The fraction of sp³-hybridized carbons (Fsp3) is 0.800. The third-order valence-corrected chi connectivity index (χ3v) is 2.26. The van der Waals surface area contributed by atoms with Gasteiger partial charge in [-0.3, -0.25) is 5.32 Å². The van der Waals surface area contributed by atoms with Gasteiger partial charge in [-0.1, -0.05) is 12.8 Å². The Morgan fingerprint density at radius 1 is 1.67 bits per heavy atom. The summed E-state index contributed by atoms with van der Waals surface area (Å²) >= 11 is 0. The van der Waals surface area contributed by atoms with E-state index in [-0.39, 0.29) is 18.2 Å². The van der Waals surface area contributed by atoms with Crippen LogP contribution in [-0.4, -0.2) is 23.3 Å². The van der Waals surface area contributed by atoms with Gasteiger partial charge in [0.15, 0.2) is 0 Å². The number of aliphatic hydroxyl groups excluding tert-OH is 1. The molecule has 0 aromatic heterocycles. The zero-order valence-electron chi connectivity index (χ0n) is 8.22. The lowest BCUT2D eigenvalue weighted by molar-refractivity contribution is 0.212. The Morgan fingerprint density at radius 2 is 2.25 bits per heavy atom. The molecule has 0 amide bonds. The van der Waals surface area contributed by atoms with Crippen LogP contribution in [0.15, 0.2) is 0 Å². The summed E-state index contributed by atoms with van der Waals surface area (Å²) in [5.74, 6) is 2.62. The first-order chi connectivity index (χ1) is 5.58. The van der Waals surface area contributed by atoms with Crippen molar-refractivity contribution in [1.82, 2.24) is 5.32 Å². The molecule has 0 aliphatic rings. The second kappa shape index (κ2) is 5.18. The van der Waals surface area contributed by atoms with Crippen LogP contribution < -0.4 is 5.32 Å². The average molecular weight is 169 g/mol. The molecule has 0 radical (unpaired) electrons. The van der Waals surface area contributed by atoms with Crippen LogP contribution >= 0.6 is 0 Å². The molecular weight excluding hydrogens is 150 g/mol. The largest absolute Gasteiger partial charge is 0.396 e. The maximum Gasteiger partial charge on any atom is 0.0662 e. The summed E-state index contributed by atoms with van der Waals surface area (Å²) < 4.78 is 0. The van der Waals surface area contributed by atoms with Crippen LogP contribution in [0, 0.1) is 12.3 Å². The second-order valence-electron chi connectivity index (χ2n) is 3.42. The van der Waals surface area contributed by atoms with Crippen LogP contribution in [0.5, 0.6) is 0 Å². The molecule has 2 atom stereocenters. The molecule has 0 spiro atoms. The van der Waals surface area contributed by atoms with E-state index in [1.165, 1.54) is 0 Å². The Balaban J connectivity index is 4.05. The fourth-order valence-electron chi connectivity index (χ4n) is 1.16. The number of rotatable bonds is 5. The van der Waals surface area contributed by atoms with E-state index < -0.39 is 0 Å². The van der Waals surface area contributed by atoms with Crippen molar-refractivity contribution in [2.24, 2.45) is 0 Å². The van der Waals surface area contributed by atoms with Crippen LogP contribution in [0.1, 0.15) is 33.6 Å². The van der Waals surface area contributed by atoms with E-state index in [0.717, 1.165) is 12.8 Å². The molecule has 2 nitrogen and oxygen atoms in total. The summed E-state index contributed by atoms with van der Waals surface area (Å²) in [5, 5.41) is 12.1. The highest BCUT2D eigenvalue weighted by molar-refractivity contribution is 4.99. The Labute approximate surface area is 75.4 Å². The molecule has 0 aromatic carbocycles. The Morgan fingerprint density at radius 3 is 2.58 bits per heavy atom. The molecular formula is C10H19NO. The van der Waals surface area contributed by atoms with Gasteiger partial charge in [0, 0.05) is 12.1 Å². The van der Waals surface area contributed by atoms with Gasteiger partial charge in [-0.25, -0.2) is 0 Å². The van der Waals surface area contributed by atoms with Gasteiger partial charge >= 0.3 is 0 Å². The molecule has 2 heteroatoms. The maximum absolute atomic E-state index is 8.83. The smallest absolute Gasteiger partial charge is 0.0662 e. The van der Waals surface area contributed by atoms with E-state index >= 15 is 0 Å². The molecule has 0 saturated heterocycles. The Hall–Kier alpha value is -0.520. The van der Waals surface area contributed by atoms with Gasteiger partial charge in [-0.05, 0) is 26.7 Å². The van der Waals surface area contributed by atoms with Crippen molar-refractivity contribution in [2.45, 2.75) is 45.2 Å². The maximum atomic E-state index is 8.83. The standard InChI is InChI=1S/C10H19NO/c1-5-9(3)11-10(4,6-2)7-8-12/h1,9,11-12H,6-8H2,2-4H3. The first-order valence-corrected chi connectivity index (χ1v) is 4.42. The zero-order valence-corrected chi connectivity index (χ0v) is 8.22. The van der Waals surface area contributed by atoms with Crippen LogP contribution in [0.25, 0.3) is 0 Å². The first-order valence-electron chi connectivity index (χ1n) is 4.42. The Kier molecular flexibility index (Phi) is 4.96. The quantitative estimate of drug-likeness (QED) is 0.605. The van der Waals surface area contributed by atoms with E-state index in [2.05, 4.69) is 25.1 Å². The number of nitrogens with one attached hydrogen (secondary N) is 1. The van der Waals surface area contributed by atoms with Crippen LogP contribution in [0.4, 0.5) is 0 Å². The predicted octanol–water partition coefficient (Wildman–Crippen LogP) is 1.15. The molecule has 0 rings (SSSR count). The molecule has 70 valence electrons. The minimum atomic E-state index is -0.0272. The summed E-state index contributed by atoms with van der Waals surface area (Å²) in [6.45, 7) is 6.32. The lowest BCUT2D eigenvalue weighted by atomic mass is 9.94. The summed E-state index contributed by atoms with van der Waals surface area (Å²) in [5.41, 5.74) is -0.0272. The molecule has 2 N–H and O–H groups in total. The lowest BCUT2D eigenvalue weighted by Gasteiger charge is -2.30. The topological polar surface area (TPSA) is 32.3 Å². The molecule has 2 unspecified atom stereocenters. The van der Waals surface area contributed by atoms with E-state index in [4.69, 9.17) is 11.5 Å². The summed E-state index contributed by atoms with van der Waals surface area (Å²) in [7, 11) is 0. The summed E-state index contributed by atoms with van der Waals surface area (Å²) in [6, 6.07) is 0.0708. The van der Waals surface area contributed by atoms with Crippen molar-refractivity contribution in [3.63, 3.8) is 0 Å². The van der Waals surface area contributed by atoms with Crippen LogP contribution in [-0.2, 0) is 0 Å². The van der Waals surface area contributed by atoms with Gasteiger partial charge in [-0.15, -0.1) is 6.42 Å². The van der Waals surface area contributed by atoms with Crippen molar-refractivity contribution in [1.29, 1.82) is 0 Å². The molecule has 0 bridgehead atoms. The van der Waals surface area contributed by atoms with Gasteiger partial charge in [-0.2, -0.15) is 0 Å². The third-order valence-electron chi connectivity index (χ3n) is 2.26. The fourth-order valence-corrected chi connectivity index (χ4v) is 1.16. The number of aliphatic hydroxyl groups is 1. The molecule has 12 heavy (non-hydrogen) atoms. The number of hydrogen-bond acceptors (Lipinski definition) is 2. The highest BCUT2D eigenvalue weighted by Crippen LogP contribution is 2.14. The SMILES string of the molecule is C#CC(C)NC(C)(CC)CCO. The number of terminal acetylenes is 1. The monoisotopic (exact) mass is 169 g/mol. The number of hydrogen-bond donors (Lipinski definition) is 2. The van der Waals surface area contributed by atoms with Gasteiger partial charge in [0.05, 0.1) is 6.04 Å². The minimum Gasteiger partial charge on any atom is -0.396 e. The molecule has 0 fully saturated rings. The van der Waals surface area contributed by atoms with Crippen molar-refractivity contribution >= 4 is 0 Å². The summed E-state index contributed by atoms with van der Waals surface area (Å²) in [4.78, 5) is 0. The molecule has 0 aromatic rings. The van der Waals surface area contributed by atoms with Crippen LogP contribution in [0.2, 0.25) is 0 Å². The van der Waals surface area contributed by atoms with E-state index in [9.17, 15) is 0 Å². The first kappa shape index (κ1) is 11.5. The van der Waals surface area contributed by atoms with Crippen LogP contribution in [0.3, 0.4) is 0 Å². The van der Waals surface area contributed by atoms with E-state index in [1.54, 1.807) is 0 Å². The zero-order chi connectivity index (χ0) is 9.61. The molecule has 0 heterocycles. The average Bonchev–Trinajstić information content (AvgIpc) is 2.05. The van der Waals surface area contributed by atoms with Crippen molar-refractivity contribution < 1.29 is 5.11 Å². The van der Waals surface area contributed by atoms with Gasteiger partial charge in [0.25, 0.3) is 0 Å². The molecule has 0 aliphatic heterocycles. The molecule has 0 saturated carbocycles. The third kappa shape index (κ3) is 3.75. The van der Waals surface area contributed by atoms with Crippen molar-refractivity contribution in [2.75, 3.05) is 6.61 Å². The lowest BCUT2D eigenvalue weighted by Crippen LogP contribution is -2.46. The highest BCUT2D eigenvalue weighted by atomic mass is 16.3. The summed E-state index contributed by atoms with van der Waals surface area (Å²) in [6.07, 6.45) is 6.97. The van der Waals surface area contributed by atoms with E-state index in [0.29, 0.717) is 0 Å². The Bertz CT molecular complexity index is 162. The predicted molar refractivity (Wildman–Crippen MR) is 51.8 cm³/mol. The second-order valence-corrected chi connectivity index (χ2v) is 3.42. The minimum absolute atomic E-state index is 0.0272. The van der Waals surface area contributed by atoms with Gasteiger partial charge < -0.3 is 5.11 Å². The van der Waals surface area contributed by atoms with Gasteiger partial charge in [0.1, 0.15) is 0 Å². The van der Waals surface area contributed by atoms with E-state index in [1.807, 2.05) is 6.92 Å². The van der Waals surface area contributed by atoms with Gasteiger partial charge in [0.2, 0.25) is 0 Å². The normalized spacial score (nSPS) is 17.9.